The highest BCUT2D eigenvalue weighted by atomic mass is 35.5. The summed E-state index contributed by atoms with van der Waals surface area (Å²) >= 11 is 6.03. The lowest BCUT2D eigenvalue weighted by molar-refractivity contribution is -0.123. The molecular weight excluding hydrogens is 340 g/mol. The Labute approximate surface area is 142 Å². The molecule has 0 radical (unpaired) electrons. The number of halogens is 1. The summed E-state index contributed by atoms with van der Waals surface area (Å²) in [5.41, 5.74) is 0. The maximum Gasteiger partial charge on any atom is 0.257 e. The normalized spacial score (nSPS) is 11.5. The first-order chi connectivity index (χ1) is 10.8. The molecule has 1 aromatic carbocycles. The number of sulfonamides is 1. The lowest BCUT2D eigenvalue weighted by atomic mass is 10.2. The first-order valence-corrected chi connectivity index (χ1v) is 9.31. The molecule has 0 aliphatic heterocycles. The van der Waals surface area contributed by atoms with Crippen LogP contribution >= 0.6 is 11.6 Å². The van der Waals surface area contributed by atoms with E-state index in [0.29, 0.717) is 25.4 Å². The molecule has 0 saturated carbocycles. The van der Waals surface area contributed by atoms with Gasteiger partial charge in [-0.2, -0.15) is 0 Å². The second kappa shape index (κ2) is 9.10. The van der Waals surface area contributed by atoms with E-state index in [1.807, 2.05) is 20.8 Å². The summed E-state index contributed by atoms with van der Waals surface area (Å²) in [5.74, 6) is 0.361. The van der Waals surface area contributed by atoms with E-state index in [4.69, 9.17) is 16.3 Å². The minimum atomic E-state index is -3.58. The van der Waals surface area contributed by atoms with Crippen LogP contribution in [0, 0.1) is 5.92 Å². The average molecular weight is 363 g/mol. The molecule has 1 aromatic rings. The van der Waals surface area contributed by atoms with Gasteiger partial charge in [0.2, 0.25) is 10.0 Å². The van der Waals surface area contributed by atoms with E-state index in [1.54, 1.807) is 0 Å². The van der Waals surface area contributed by atoms with Crippen molar-refractivity contribution in [3.8, 4) is 5.75 Å². The molecule has 0 saturated heterocycles. The quantitative estimate of drug-likeness (QED) is 0.705. The van der Waals surface area contributed by atoms with Crippen LogP contribution in [0.5, 0.6) is 5.75 Å². The third-order valence-corrected chi connectivity index (χ3v) is 4.58. The predicted octanol–water partition coefficient (Wildman–Crippen LogP) is 2.18. The van der Waals surface area contributed by atoms with Crippen molar-refractivity contribution < 1.29 is 17.9 Å². The molecule has 0 unspecified atom stereocenters. The van der Waals surface area contributed by atoms with Crippen LogP contribution in [-0.4, -0.2) is 34.0 Å². The number of hydrogen-bond acceptors (Lipinski definition) is 4. The van der Waals surface area contributed by atoms with Crippen molar-refractivity contribution in [3.63, 3.8) is 0 Å². The zero-order valence-electron chi connectivity index (χ0n) is 13.6. The van der Waals surface area contributed by atoms with Crippen molar-refractivity contribution in [1.82, 2.24) is 10.0 Å². The third-order valence-electron chi connectivity index (χ3n) is 2.82. The molecule has 0 aliphatic carbocycles. The molecule has 0 aromatic heterocycles. The zero-order chi connectivity index (χ0) is 17.5. The summed E-state index contributed by atoms with van der Waals surface area (Å²) in [4.78, 5) is 11.7. The SMILES string of the molecule is CCCNS(=O)(=O)c1ccc(OCC(=O)NCC(C)C)c(Cl)c1. The lowest BCUT2D eigenvalue weighted by Crippen LogP contribution is -2.31. The van der Waals surface area contributed by atoms with E-state index in [-0.39, 0.29) is 28.2 Å². The first-order valence-electron chi connectivity index (χ1n) is 7.45. The van der Waals surface area contributed by atoms with Gasteiger partial charge in [0.05, 0.1) is 9.92 Å². The summed E-state index contributed by atoms with van der Waals surface area (Å²) in [5, 5.41) is 2.86. The fourth-order valence-electron chi connectivity index (χ4n) is 1.60. The minimum Gasteiger partial charge on any atom is -0.482 e. The molecular formula is C15H23ClN2O4S. The second-order valence-electron chi connectivity index (χ2n) is 5.48. The number of carbonyl (C=O) groups is 1. The molecule has 0 atom stereocenters. The monoisotopic (exact) mass is 362 g/mol. The van der Waals surface area contributed by atoms with E-state index in [2.05, 4.69) is 10.0 Å². The third kappa shape index (κ3) is 6.76. The summed E-state index contributed by atoms with van der Waals surface area (Å²) in [6.07, 6.45) is 0.694. The van der Waals surface area contributed by atoms with Crippen LogP contribution in [0.15, 0.2) is 23.1 Å². The molecule has 1 amide bonds. The van der Waals surface area contributed by atoms with Crippen LogP contribution in [0.3, 0.4) is 0 Å². The highest BCUT2D eigenvalue weighted by molar-refractivity contribution is 7.89. The van der Waals surface area contributed by atoms with Gasteiger partial charge in [-0.05, 0) is 30.5 Å². The fraction of sp³-hybridized carbons (Fsp3) is 0.533. The van der Waals surface area contributed by atoms with E-state index in [9.17, 15) is 13.2 Å². The molecule has 0 spiro atoms. The van der Waals surface area contributed by atoms with Gasteiger partial charge in [-0.1, -0.05) is 32.4 Å². The Morgan fingerprint density at radius 1 is 1.35 bits per heavy atom. The van der Waals surface area contributed by atoms with Gasteiger partial charge < -0.3 is 10.1 Å². The molecule has 0 aliphatic rings. The predicted molar refractivity (Wildman–Crippen MR) is 90.3 cm³/mol. The second-order valence-corrected chi connectivity index (χ2v) is 7.65. The topological polar surface area (TPSA) is 84.5 Å². The molecule has 2 N–H and O–H groups in total. The number of nitrogens with one attached hydrogen (secondary N) is 2. The van der Waals surface area contributed by atoms with Crippen LogP contribution in [-0.2, 0) is 14.8 Å². The van der Waals surface area contributed by atoms with Crippen molar-refractivity contribution in [1.29, 1.82) is 0 Å². The van der Waals surface area contributed by atoms with Gasteiger partial charge >= 0.3 is 0 Å². The average Bonchev–Trinajstić information content (AvgIpc) is 2.49. The van der Waals surface area contributed by atoms with Gasteiger partial charge in [-0.25, -0.2) is 13.1 Å². The maximum absolute atomic E-state index is 12.0. The first kappa shape index (κ1) is 19.7. The van der Waals surface area contributed by atoms with Gasteiger partial charge in [-0.15, -0.1) is 0 Å². The summed E-state index contributed by atoms with van der Waals surface area (Å²) in [6.45, 7) is 6.60. The molecule has 1 rings (SSSR count). The van der Waals surface area contributed by atoms with Crippen LogP contribution in [0.4, 0.5) is 0 Å². The Morgan fingerprint density at radius 2 is 2.04 bits per heavy atom. The number of ether oxygens (including phenoxy) is 1. The Morgan fingerprint density at radius 3 is 2.61 bits per heavy atom. The Balaban J connectivity index is 2.68. The Bertz CT molecular complexity index is 632. The van der Waals surface area contributed by atoms with Gasteiger partial charge in [0.25, 0.3) is 5.91 Å². The summed E-state index contributed by atoms with van der Waals surface area (Å²) < 4.78 is 31.8. The lowest BCUT2D eigenvalue weighted by Gasteiger charge is -2.11. The summed E-state index contributed by atoms with van der Waals surface area (Å²) in [7, 11) is -3.58. The summed E-state index contributed by atoms with van der Waals surface area (Å²) in [6, 6.07) is 4.14. The molecule has 130 valence electrons. The van der Waals surface area contributed by atoms with E-state index >= 15 is 0 Å². The van der Waals surface area contributed by atoms with Gasteiger partial charge in [-0.3, -0.25) is 4.79 Å². The smallest absolute Gasteiger partial charge is 0.257 e. The largest absolute Gasteiger partial charge is 0.482 e. The number of amides is 1. The minimum absolute atomic E-state index is 0.0626. The highest BCUT2D eigenvalue weighted by Gasteiger charge is 2.15. The molecule has 23 heavy (non-hydrogen) atoms. The fourth-order valence-corrected chi connectivity index (χ4v) is 3.06. The Kier molecular flexibility index (Phi) is 7.81. The van der Waals surface area contributed by atoms with E-state index in [1.165, 1.54) is 18.2 Å². The van der Waals surface area contributed by atoms with E-state index < -0.39 is 10.0 Å². The standard InChI is InChI=1S/C15H23ClN2O4S/c1-4-7-18-23(20,21)12-5-6-14(13(16)8-12)22-10-15(19)17-9-11(2)3/h5-6,8,11,18H,4,7,9-10H2,1-3H3,(H,17,19). The van der Waals surface area contributed by atoms with Crippen molar-refractivity contribution in [2.24, 2.45) is 5.92 Å². The highest BCUT2D eigenvalue weighted by Crippen LogP contribution is 2.27. The van der Waals surface area contributed by atoms with Crippen LogP contribution < -0.4 is 14.8 Å². The molecule has 8 heteroatoms. The van der Waals surface area contributed by atoms with Crippen LogP contribution in [0.2, 0.25) is 5.02 Å². The number of benzene rings is 1. The molecule has 0 heterocycles. The van der Waals surface area contributed by atoms with E-state index in [0.717, 1.165) is 0 Å². The van der Waals surface area contributed by atoms with Crippen molar-refractivity contribution in [2.75, 3.05) is 19.7 Å². The number of hydrogen-bond donors (Lipinski definition) is 2. The van der Waals surface area contributed by atoms with Crippen LogP contribution in [0.25, 0.3) is 0 Å². The van der Waals surface area contributed by atoms with Gasteiger partial charge in [0.1, 0.15) is 5.75 Å². The number of carbonyl (C=O) groups excluding carboxylic acids is 1. The van der Waals surface area contributed by atoms with Gasteiger partial charge in [0, 0.05) is 13.1 Å². The maximum atomic E-state index is 12.0. The van der Waals surface area contributed by atoms with Crippen molar-refractivity contribution in [3.05, 3.63) is 23.2 Å². The van der Waals surface area contributed by atoms with Gasteiger partial charge in [0.15, 0.2) is 6.61 Å². The van der Waals surface area contributed by atoms with Crippen molar-refractivity contribution >= 4 is 27.5 Å². The number of rotatable bonds is 9. The molecule has 6 nitrogen and oxygen atoms in total. The molecule has 0 fully saturated rings. The molecule has 0 bridgehead atoms. The van der Waals surface area contributed by atoms with Crippen molar-refractivity contribution in [2.45, 2.75) is 32.1 Å². The Hall–Kier alpha value is -1.31. The zero-order valence-corrected chi connectivity index (χ0v) is 15.1. The van der Waals surface area contributed by atoms with Crippen LogP contribution in [0.1, 0.15) is 27.2 Å².